The molecule has 0 bridgehead atoms. The van der Waals surface area contributed by atoms with E-state index in [0.29, 0.717) is 18.4 Å². The molecule has 6 nitrogen and oxygen atoms in total. The Morgan fingerprint density at radius 1 is 1.17 bits per heavy atom. The molecule has 1 aromatic carbocycles. The number of carbonyl (C=O) groups is 1. The summed E-state index contributed by atoms with van der Waals surface area (Å²) in [6, 6.07) is 10.6. The number of alkyl carbamates (subject to hydrolysis) is 1. The Hall–Kier alpha value is -3.61. The number of allylic oxidation sites excluding steroid dienone is 1. The molecule has 0 radical (unpaired) electrons. The van der Waals surface area contributed by atoms with Gasteiger partial charge in [-0.15, -0.1) is 0 Å². The first-order chi connectivity index (χ1) is 17.1. The van der Waals surface area contributed by atoms with Crippen molar-refractivity contribution in [3.8, 4) is 11.1 Å². The normalized spacial score (nSPS) is 23.4. The highest BCUT2D eigenvalue weighted by molar-refractivity contribution is 5.67. The first-order valence-corrected chi connectivity index (χ1v) is 12.2. The van der Waals surface area contributed by atoms with Gasteiger partial charge in [0.25, 0.3) is 0 Å². The number of hydrogen-bond acceptors (Lipinski definition) is 5. The predicted octanol–water partition coefficient (Wildman–Crippen LogP) is 5.56. The maximum absolute atomic E-state index is 13.6. The van der Waals surface area contributed by atoms with Crippen molar-refractivity contribution >= 4 is 12.2 Å². The van der Waals surface area contributed by atoms with Crippen LogP contribution in [0.2, 0.25) is 0 Å². The van der Waals surface area contributed by atoms with Gasteiger partial charge in [0.15, 0.2) is 0 Å². The molecule has 180 valence electrons. The number of hydrogen-bond donors (Lipinski definition) is 1. The molecular weight excluding hydrogens is 443 g/mol. The van der Waals surface area contributed by atoms with E-state index in [1.807, 2.05) is 31.3 Å². The van der Waals surface area contributed by atoms with E-state index in [0.717, 1.165) is 48.2 Å². The van der Waals surface area contributed by atoms with E-state index >= 15 is 0 Å². The summed E-state index contributed by atoms with van der Waals surface area (Å²) in [6.07, 6.45) is 13.0. The van der Waals surface area contributed by atoms with Crippen LogP contribution >= 0.6 is 0 Å². The van der Waals surface area contributed by atoms with E-state index in [1.54, 1.807) is 18.6 Å². The lowest BCUT2D eigenvalue weighted by Crippen LogP contribution is -2.44. The molecule has 35 heavy (non-hydrogen) atoms. The van der Waals surface area contributed by atoms with Crippen LogP contribution in [0.5, 0.6) is 0 Å². The summed E-state index contributed by atoms with van der Waals surface area (Å²) in [5, 5.41) is 3.03. The monoisotopic (exact) mass is 472 g/mol. The SMILES string of the molecule is CCOC(=O)N[C@@H]1CC[C@@H]2[C@H](Cc3ncncc3[C@H]2/C=C/c2ccc(-c3cccc(F)c3)cn2)C1. The number of nitrogens with zero attached hydrogens (tertiary/aromatic N) is 3. The number of pyridine rings is 1. The van der Waals surface area contributed by atoms with E-state index < -0.39 is 0 Å². The average Bonchev–Trinajstić information content (AvgIpc) is 2.87. The standard InChI is InChI=1S/C28H29FN4O2/c1-2-35-28(34)33-23-9-10-24-20(13-23)14-27-26(16-30-17-32-27)25(24)11-8-22-7-6-19(15-31-22)18-4-3-5-21(29)12-18/h3-8,11-12,15-17,20,23-25H,2,9-10,13-14H2,1H3,(H,33,34)/b11-8+/t20-,23+,24+,25-/m0/s1. The minimum Gasteiger partial charge on any atom is -0.450 e. The quantitative estimate of drug-likeness (QED) is 0.526. The van der Waals surface area contributed by atoms with E-state index in [9.17, 15) is 9.18 Å². The van der Waals surface area contributed by atoms with Crippen molar-refractivity contribution in [1.82, 2.24) is 20.3 Å². The van der Waals surface area contributed by atoms with Crippen LogP contribution in [0.4, 0.5) is 9.18 Å². The van der Waals surface area contributed by atoms with E-state index in [2.05, 4.69) is 32.4 Å². The molecule has 1 amide bonds. The summed E-state index contributed by atoms with van der Waals surface area (Å²) in [5.74, 6) is 0.817. The Kier molecular flexibility index (Phi) is 6.84. The summed E-state index contributed by atoms with van der Waals surface area (Å²) in [4.78, 5) is 25.4. The van der Waals surface area contributed by atoms with Crippen LogP contribution in [0.3, 0.4) is 0 Å². The molecule has 2 aliphatic rings. The highest BCUT2D eigenvalue weighted by Crippen LogP contribution is 2.47. The van der Waals surface area contributed by atoms with Crippen molar-refractivity contribution in [3.05, 3.63) is 84.0 Å². The third kappa shape index (κ3) is 5.24. The van der Waals surface area contributed by atoms with Gasteiger partial charge in [0, 0.05) is 35.6 Å². The Bertz CT molecular complexity index is 1210. The van der Waals surface area contributed by atoms with Gasteiger partial charge in [-0.05, 0) is 79.8 Å². The lowest BCUT2D eigenvalue weighted by atomic mass is 9.63. The predicted molar refractivity (Wildman–Crippen MR) is 132 cm³/mol. The van der Waals surface area contributed by atoms with Gasteiger partial charge in [0.05, 0.1) is 12.3 Å². The van der Waals surface area contributed by atoms with Crippen molar-refractivity contribution in [2.75, 3.05) is 6.61 Å². The Labute approximate surface area is 204 Å². The first kappa shape index (κ1) is 23.1. The smallest absolute Gasteiger partial charge is 0.407 e. The zero-order valence-electron chi connectivity index (χ0n) is 19.7. The van der Waals surface area contributed by atoms with Crippen molar-refractivity contribution in [1.29, 1.82) is 0 Å². The van der Waals surface area contributed by atoms with Crippen LogP contribution in [-0.2, 0) is 11.2 Å². The molecule has 3 aromatic rings. The van der Waals surface area contributed by atoms with Crippen LogP contribution in [0.1, 0.15) is 49.1 Å². The number of aromatic nitrogens is 3. The lowest BCUT2D eigenvalue weighted by molar-refractivity contribution is 0.128. The molecule has 0 unspecified atom stereocenters. The largest absolute Gasteiger partial charge is 0.450 e. The average molecular weight is 473 g/mol. The van der Waals surface area contributed by atoms with Crippen LogP contribution in [0, 0.1) is 17.7 Å². The fourth-order valence-corrected chi connectivity index (χ4v) is 5.55. The second kappa shape index (κ2) is 10.3. The second-order valence-electron chi connectivity index (χ2n) is 9.29. The molecule has 4 atom stereocenters. The number of halogens is 1. The number of amides is 1. The molecular formula is C28H29FN4O2. The zero-order valence-corrected chi connectivity index (χ0v) is 19.7. The van der Waals surface area contributed by atoms with Crippen molar-refractivity contribution in [3.63, 3.8) is 0 Å². The Morgan fingerprint density at radius 2 is 2.09 bits per heavy atom. The molecule has 2 heterocycles. The third-order valence-electron chi connectivity index (χ3n) is 7.16. The van der Waals surface area contributed by atoms with Gasteiger partial charge in [-0.1, -0.05) is 24.3 Å². The minimum absolute atomic E-state index is 0.125. The molecule has 1 N–H and O–H groups in total. The highest BCUT2D eigenvalue weighted by atomic mass is 19.1. The number of rotatable bonds is 5. The maximum Gasteiger partial charge on any atom is 0.407 e. The topological polar surface area (TPSA) is 77.0 Å². The lowest BCUT2D eigenvalue weighted by Gasteiger charge is -2.43. The fourth-order valence-electron chi connectivity index (χ4n) is 5.55. The van der Waals surface area contributed by atoms with Crippen LogP contribution < -0.4 is 5.32 Å². The Morgan fingerprint density at radius 3 is 2.89 bits per heavy atom. The first-order valence-electron chi connectivity index (χ1n) is 12.2. The van der Waals surface area contributed by atoms with Gasteiger partial charge >= 0.3 is 6.09 Å². The van der Waals surface area contributed by atoms with Gasteiger partial charge in [0.1, 0.15) is 12.1 Å². The molecule has 0 saturated heterocycles. The molecule has 2 aliphatic carbocycles. The molecule has 5 rings (SSSR count). The van der Waals surface area contributed by atoms with Crippen LogP contribution in [0.25, 0.3) is 17.2 Å². The van der Waals surface area contributed by atoms with Crippen molar-refractivity contribution in [2.24, 2.45) is 11.8 Å². The van der Waals surface area contributed by atoms with Crippen LogP contribution in [0.15, 0.2) is 61.2 Å². The van der Waals surface area contributed by atoms with Gasteiger partial charge in [-0.3, -0.25) is 4.98 Å². The minimum atomic E-state index is -0.335. The second-order valence-corrected chi connectivity index (χ2v) is 9.29. The third-order valence-corrected chi connectivity index (χ3v) is 7.16. The molecule has 0 spiro atoms. The number of carbonyl (C=O) groups excluding carboxylic acids is 1. The number of ether oxygens (including phenoxy) is 1. The summed E-state index contributed by atoms with van der Waals surface area (Å²) < 4.78 is 18.6. The summed E-state index contributed by atoms with van der Waals surface area (Å²) in [7, 11) is 0. The van der Waals surface area contributed by atoms with E-state index in [1.165, 1.54) is 17.7 Å². The van der Waals surface area contributed by atoms with Crippen LogP contribution in [-0.4, -0.2) is 33.7 Å². The zero-order chi connectivity index (χ0) is 24.2. The number of fused-ring (bicyclic) bond motifs is 2. The molecule has 1 fully saturated rings. The highest BCUT2D eigenvalue weighted by Gasteiger charge is 2.40. The number of benzene rings is 1. The van der Waals surface area contributed by atoms with Gasteiger partial charge in [-0.2, -0.15) is 0 Å². The number of nitrogens with one attached hydrogen (secondary N) is 1. The van der Waals surface area contributed by atoms with Gasteiger partial charge in [-0.25, -0.2) is 19.2 Å². The summed E-state index contributed by atoms with van der Waals surface area (Å²) in [6.45, 7) is 2.19. The van der Waals surface area contributed by atoms with Crippen molar-refractivity contribution < 1.29 is 13.9 Å². The summed E-state index contributed by atoms with van der Waals surface area (Å²) in [5.41, 5.74) is 4.80. The van der Waals surface area contributed by atoms with E-state index in [-0.39, 0.29) is 23.9 Å². The fraction of sp³-hybridized carbons (Fsp3) is 0.357. The summed E-state index contributed by atoms with van der Waals surface area (Å²) >= 11 is 0. The van der Waals surface area contributed by atoms with Gasteiger partial charge in [0.2, 0.25) is 0 Å². The Balaban J connectivity index is 1.34. The van der Waals surface area contributed by atoms with Gasteiger partial charge < -0.3 is 10.1 Å². The van der Waals surface area contributed by atoms with Crippen molar-refractivity contribution in [2.45, 2.75) is 44.6 Å². The maximum atomic E-state index is 13.6. The molecule has 0 aliphatic heterocycles. The molecule has 7 heteroatoms. The molecule has 1 saturated carbocycles. The van der Waals surface area contributed by atoms with E-state index in [4.69, 9.17) is 4.74 Å². The molecule has 2 aromatic heterocycles.